The number of amides is 2. The number of nitrogens with one attached hydrogen (secondary N) is 1. The number of hydrogen-bond donors (Lipinski definition) is 2. The van der Waals surface area contributed by atoms with Crippen LogP contribution >= 0.6 is 11.6 Å². The second-order valence-electron chi connectivity index (χ2n) is 4.36. The minimum atomic E-state index is -0.395. The lowest BCUT2D eigenvalue weighted by molar-refractivity contribution is -0.120. The maximum absolute atomic E-state index is 11.8. The zero-order valence-corrected chi connectivity index (χ0v) is 11.3. The number of halogens is 1. The van der Waals surface area contributed by atoms with Crippen LogP contribution in [0.15, 0.2) is 18.2 Å². The van der Waals surface area contributed by atoms with Gasteiger partial charge in [0, 0.05) is 23.0 Å². The van der Waals surface area contributed by atoms with Crippen molar-refractivity contribution in [3.8, 4) is 0 Å². The highest BCUT2D eigenvalue weighted by molar-refractivity contribution is 6.31. The molecule has 98 valence electrons. The molecule has 2 amide bonds. The van der Waals surface area contributed by atoms with Gasteiger partial charge in [0.2, 0.25) is 11.8 Å². The van der Waals surface area contributed by atoms with Crippen molar-refractivity contribution in [2.75, 3.05) is 5.32 Å². The van der Waals surface area contributed by atoms with E-state index in [-0.39, 0.29) is 18.2 Å². The Kier molecular flexibility index (Phi) is 5.16. The molecule has 0 spiro atoms. The standard InChI is InChI=1S/C13H17ClN2O2/c1-8-3-5-10(7-11(8)14)16-13(18)9(2)4-6-12(15)17/h3,5,7,9H,4,6H2,1-2H3,(H2,15,17)(H,16,18). The molecule has 0 heterocycles. The van der Waals surface area contributed by atoms with Gasteiger partial charge in [0.25, 0.3) is 0 Å². The third-order valence-electron chi connectivity index (χ3n) is 2.71. The van der Waals surface area contributed by atoms with Crippen molar-refractivity contribution in [1.29, 1.82) is 0 Å². The van der Waals surface area contributed by atoms with E-state index < -0.39 is 5.91 Å². The third kappa shape index (κ3) is 4.37. The molecule has 1 aromatic carbocycles. The van der Waals surface area contributed by atoms with Gasteiger partial charge >= 0.3 is 0 Å². The Morgan fingerprint density at radius 2 is 2.11 bits per heavy atom. The number of carbonyl (C=O) groups is 2. The fraction of sp³-hybridized carbons (Fsp3) is 0.385. The molecule has 0 aromatic heterocycles. The molecular formula is C13H17ClN2O2. The Morgan fingerprint density at radius 3 is 2.67 bits per heavy atom. The lowest BCUT2D eigenvalue weighted by Crippen LogP contribution is -2.22. The van der Waals surface area contributed by atoms with Crippen LogP contribution in [0.25, 0.3) is 0 Å². The van der Waals surface area contributed by atoms with Crippen LogP contribution in [0.5, 0.6) is 0 Å². The third-order valence-corrected chi connectivity index (χ3v) is 3.12. The van der Waals surface area contributed by atoms with Crippen LogP contribution < -0.4 is 11.1 Å². The highest BCUT2D eigenvalue weighted by Gasteiger charge is 2.14. The van der Waals surface area contributed by atoms with Crippen molar-refractivity contribution >= 4 is 29.1 Å². The number of benzene rings is 1. The molecule has 0 saturated heterocycles. The van der Waals surface area contributed by atoms with E-state index >= 15 is 0 Å². The summed E-state index contributed by atoms with van der Waals surface area (Å²) in [7, 11) is 0. The lowest BCUT2D eigenvalue weighted by atomic mass is 10.0. The molecule has 1 atom stereocenters. The quantitative estimate of drug-likeness (QED) is 0.861. The monoisotopic (exact) mass is 268 g/mol. The van der Waals surface area contributed by atoms with Crippen molar-refractivity contribution in [1.82, 2.24) is 0 Å². The average molecular weight is 269 g/mol. The van der Waals surface area contributed by atoms with Crippen LogP contribution in [-0.4, -0.2) is 11.8 Å². The molecule has 1 rings (SSSR count). The second-order valence-corrected chi connectivity index (χ2v) is 4.77. The van der Waals surface area contributed by atoms with E-state index in [1.54, 1.807) is 19.1 Å². The van der Waals surface area contributed by atoms with Gasteiger partial charge in [-0.1, -0.05) is 24.6 Å². The van der Waals surface area contributed by atoms with Gasteiger partial charge in [-0.15, -0.1) is 0 Å². The van der Waals surface area contributed by atoms with Crippen LogP contribution in [0.3, 0.4) is 0 Å². The lowest BCUT2D eigenvalue weighted by Gasteiger charge is -2.12. The fourth-order valence-corrected chi connectivity index (χ4v) is 1.61. The van der Waals surface area contributed by atoms with Gasteiger partial charge in [0.05, 0.1) is 0 Å². The van der Waals surface area contributed by atoms with Crippen molar-refractivity contribution in [3.63, 3.8) is 0 Å². The van der Waals surface area contributed by atoms with Crippen LogP contribution in [-0.2, 0) is 9.59 Å². The summed E-state index contributed by atoms with van der Waals surface area (Å²) in [5.74, 6) is -0.804. The first kappa shape index (κ1) is 14.5. The summed E-state index contributed by atoms with van der Waals surface area (Å²) < 4.78 is 0. The van der Waals surface area contributed by atoms with E-state index in [1.807, 2.05) is 13.0 Å². The maximum Gasteiger partial charge on any atom is 0.227 e. The molecule has 0 aliphatic heterocycles. The molecule has 18 heavy (non-hydrogen) atoms. The summed E-state index contributed by atoms with van der Waals surface area (Å²) in [6.45, 7) is 3.65. The summed E-state index contributed by atoms with van der Waals surface area (Å²) in [6.07, 6.45) is 0.657. The molecule has 0 bridgehead atoms. The number of hydrogen-bond acceptors (Lipinski definition) is 2. The van der Waals surface area contributed by atoms with Gasteiger partial charge in [-0.05, 0) is 31.0 Å². The minimum absolute atomic E-state index is 0.142. The Morgan fingerprint density at radius 1 is 1.44 bits per heavy atom. The van der Waals surface area contributed by atoms with Crippen molar-refractivity contribution in [2.24, 2.45) is 11.7 Å². The molecule has 1 unspecified atom stereocenters. The van der Waals surface area contributed by atoms with Crippen molar-refractivity contribution in [3.05, 3.63) is 28.8 Å². The SMILES string of the molecule is Cc1ccc(NC(=O)C(C)CCC(N)=O)cc1Cl. The van der Waals surface area contributed by atoms with E-state index in [0.717, 1.165) is 5.56 Å². The first-order chi connectivity index (χ1) is 8.40. The van der Waals surface area contributed by atoms with Crippen LogP contribution in [0.1, 0.15) is 25.3 Å². The van der Waals surface area contributed by atoms with Crippen LogP contribution in [0.4, 0.5) is 5.69 Å². The predicted molar refractivity (Wildman–Crippen MR) is 72.4 cm³/mol. The molecule has 1 aromatic rings. The van der Waals surface area contributed by atoms with Crippen LogP contribution in [0.2, 0.25) is 5.02 Å². The number of nitrogens with two attached hydrogens (primary N) is 1. The molecule has 0 saturated carbocycles. The van der Waals surface area contributed by atoms with E-state index in [9.17, 15) is 9.59 Å². The van der Waals surface area contributed by atoms with Gasteiger partial charge < -0.3 is 11.1 Å². The second kappa shape index (κ2) is 6.40. The topological polar surface area (TPSA) is 72.2 Å². The van der Waals surface area contributed by atoms with Crippen molar-refractivity contribution in [2.45, 2.75) is 26.7 Å². The molecule has 3 N–H and O–H groups in total. The molecule has 0 radical (unpaired) electrons. The molecule has 0 aliphatic carbocycles. The maximum atomic E-state index is 11.8. The van der Waals surface area contributed by atoms with Gasteiger partial charge in [-0.3, -0.25) is 9.59 Å². The molecule has 5 heteroatoms. The Labute approximate surface area is 112 Å². The summed E-state index contributed by atoms with van der Waals surface area (Å²) in [6, 6.07) is 5.33. The summed E-state index contributed by atoms with van der Waals surface area (Å²) in [5.41, 5.74) is 6.65. The summed E-state index contributed by atoms with van der Waals surface area (Å²) in [4.78, 5) is 22.5. The molecular weight excluding hydrogens is 252 g/mol. The predicted octanol–water partition coefficient (Wildman–Crippen LogP) is 2.49. The average Bonchev–Trinajstić information content (AvgIpc) is 2.30. The molecule has 4 nitrogen and oxygen atoms in total. The first-order valence-electron chi connectivity index (χ1n) is 5.75. The zero-order chi connectivity index (χ0) is 13.7. The fourth-order valence-electron chi connectivity index (χ4n) is 1.43. The number of primary amides is 1. The Hall–Kier alpha value is -1.55. The highest BCUT2D eigenvalue weighted by atomic mass is 35.5. The first-order valence-corrected chi connectivity index (χ1v) is 6.13. The number of carbonyl (C=O) groups excluding carboxylic acids is 2. The smallest absolute Gasteiger partial charge is 0.227 e. The van der Waals surface area contributed by atoms with Gasteiger partial charge in [0.1, 0.15) is 0 Å². The number of rotatable bonds is 5. The van der Waals surface area contributed by atoms with Crippen molar-refractivity contribution < 1.29 is 9.59 Å². The largest absolute Gasteiger partial charge is 0.370 e. The van der Waals surface area contributed by atoms with Gasteiger partial charge in [-0.25, -0.2) is 0 Å². The Balaban J connectivity index is 2.58. The van der Waals surface area contributed by atoms with Gasteiger partial charge in [-0.2, -0.15) is 0 Å². The molecule has 0 aliphatic rings. The highest BCUT2D eigenvalue weighted by Crippen LogP contribution is 2.20. The van der Waals surface area contributed by atoms with Crippen LogP contribution in [0, 0.1) is 12.8 Å². The number of aryl methyl sites for hydroxylation is 1. The van der Waals surface area contributed by atoms with E-state index in [2.05, 4.69) is 5.32 Å². The van der Waals surface area contributed by atoms with E-state index in [4.69, 9.17) is 17.3 Å². The van der Waals surface area contributed by atoms with E-state index in [1.165, 1.54) is 0 Å². The summed E-state index contributed by atoms with van der Waals surface area (Å²) in [5, 5.41) is 3.37. The number of anilines is 1. The van der Waals surface area contributed by atoms with Gasteiger partial charge in [0.15, 0.2) is 0 Å². The summed E-state index contributed by atoms with van der Waals surface area (Å²) >= 11 is 5.97. The van der Waals surface area contributed by atoms with E-state index in [0.29, 0.717) is 17.1 Å². The zero-order valence-electron chi connectivity index (χ0n) is 10.5. The molecule has 0 fully saturated rings. The Bertz CT molecular complexity index is 460. The normalized spacial score (nSPS) is 11.9. The minimum Gasteiger partial charge on any atom is -0.370 e.